The van der Waals surface area contributed by atoms with Crippen molar-refractivity contribution in [3.8, 4) is 5.69 Å². The van der Waals surface area contributed by atoms with Gasteiger partial charge in [0.15, 0.2) is 0 Å². The van der Waals surface area contributed by atoms with Gasteiger partial charge in [0.1, 0.15) is 0 Å². The van der Waals surface area contributed by atoms with E-state index in [0.717, 1.165) is 35.8 Å². The number of nitrogens with one attached hydrogen (secondary N) is 3. The van der Waals surface area contributed by atoms with E-state index in [1.165, 1.54) is 30.3 Å². The van der Waals surface area contributed by atoms with Gasteiger partial charge in [-0.3, -0.25) is 9.78 Å². The molecule has 1 saturated carbocycles. The summed E-state index contributed by atoms with van der Waals surface area (Å²) in [5.41, 5.74) is 4.77. The Morgan fingerprint density at radius 3 is 2.77 bits per heavy atom. The minimum absolute atomic E-state index is 0.131. The molecule has 0 unspecified atom stereocenters. The average Bonchev–Trinajstić information content (AvgIpc) is 3.43. The van der Waals surface area contributed by atoms with Gasteiger partial charge in [-0.05, 0) is 66.6 Å². The van der Waals surface area contributed by atoms with Crippen LogP contribution in [0.15, 0.2) is 67.3 Å². The lowest BCUT2D eigenvalue weighted by atomic mass is 9.85. The lowest BCUT2D eigenvalue weighted by molar-refractivity contribution is 0.0950. The van der Waals surface area contributed by atoms with E-state index < -0.39 is 0 Å². The number of carbonyl (C=O) groups excluding carboxylic acids is 1. The number of H-pyrrole nitrogens is 1. The molecule has 4 aromatic rings. The van der Waals surface area contributed by atoms with Gasteiger partial charge in [0.2, 0.25) is 0 Å². The number of hydrogen-bond donors (Lipinski definition) is 3. The minimum atomic E-state index is -0.131. The molecule has 158 valence electrons. The predicted octanol–water partition coefficient (Wildman–Crippen LogP) is 4.17. The van der Waals surface area contributed by atoms with Crippen LogP contribution in [0.2, 0.25) is 0 Å². The van der Waals surface area contributed by atoms with Crippen LogP contribution in [0.1, 0.15) is 40.9 Å². The summed E-state index contributed by atoms with van der Waals surface area (Å²) in [4.78, 5) is 20.3. The Hall–Kier alpha value is -3.38. The van der Waals surface area contributed by atoms with Gasteiger partial charge in [0.05, 0.1) is 17.4 Å². The normalized spacial score (nSPS) is 13.9. The first-order valence-corrected chi connectivity index (χ1v) is 10.9. The largest absolute Gasteiger partial charge is 0.357 e. The van der Waals surface area contributed by atoms with Gasteiger partial charge in [0.25, 0.3) is 5.91 Å². The van der Waals surface area contributed by atoms with Gasteiger partial charge in [-0.25, -0.2) is 0 Å². The molecule has 1 fully saturated rings. The van der Waals surface area contributed by atoms with Gasteiger partial charge < -0.3 is 20.2 Å². The number of aromatic amines is 1. The molecule has 3 heterocycles. The smallest absolute Gasteiger partial charge is 0.253 e. The summed E-state index contributed by atoms with van der Waals surface area (Å²) in [7, 11) is 0. The molecule has 0 spiro atoms. The van der Waals surface area contributed by atoms with E-state index in [4.69, 9.17) is 0 Å². The molecule has 6 nitrogen and oxygen atoms in total. The fourth-order valence-corrected chi connectivity index (χ4v) is 4.03. The van der Waals surface area contributed by atoms with Crippen molar-refractivity contribution in [2.24, 2.45) is 5.92 Å². The van der Waals surface area contributed by atoms with E-state index in [1.807, 2.05) is 35.2 Å². The number of pyridine rings is 1. The zero-order valence-corrected chi connectivity index (χ0v) is 17.5. The van der Waals surface area contributed by atoms with E-state index in [-0.39, 0.29) is 5.91 Å². The van der Waals surface area contributed by atoms with Gasteiger partial charge >= 0.3 is 0 Å². The predicted molar refractivity (Wildman–Crippen MR) is 122 cm³/mol. The number of benzene rings is 1. The number of hydrogen-bond acceptors (Lipinski definition) is 3. The summed E-state index contributed by atoms with van der Waals surface area (Å²) in [6.45, 7) is 2.44. The summed E-state index contributed by atoms with van der Waals surface area (Å²) >= 11 is 0. The van der Waals surface area contributed by atoms with Crippen LogP contribution in [0, 0.1) is 5.92 Å². The fraction of sp³-hybridized carbons (Fsp3) is 0.280. The molecule has 0 atom stereocenters. The molecule has 3 aromatic heterocycles. The van der Waals surface area contributed by atoms with E-state index in [1.54, 1.807) is 12.4 Å². The van der Waals surface area contributed by atoms with Crippen molar-refractivity contribution in [1.29, 1.82) is 0 Å². The molecule has 5 rings (SSSR count). The average molecular weight is 414 g/mol. The highest BCUT2D eigenvalue weighted by Gasteiger charge is 2.16. The molecule has 0 bridgehead atoms. The van der Waals surface area contributed by atoms with E-state index in [2.05, 4.69) is 44.9 Å². The second-order valence-electron chi connectivity index (χ2n) is 8.35. The molecule has 0 saturated heterocycles. The van der Waals surface area contributed by atoms with Crippen molar-refractivity contribution in [3.05, 3.63) is 84.1 Å². The Labute approximate surface area is 181 Å². The molecule has 1 amide bonds. The molecule has 0 radical (unpaired) electrons. The third-order valence-corrected chi connectivity index (χ3v) is 6.06. The fourth-order valence-electron chi connectivity index (χ4n) is 4.03. The monoisotopic (exact) mass is 413 g/mol. The lowest BCUT2D eigenvalue weighted by Gasteiger charge is -2.25. The van der Waals surface area contributed by atoms with Crippen molar-refractivity contribution < 1.29 is 4.79 Å². The van der Waals surface area contributed by atoms with Crippen LogP contribution < -0.4 is 10.6 Å². The summed E-state index contributed by atoms with van der Waals surface area (Å²) < 4.78 is 1.93. The van der Waals surface area contributed by atoms with Crippen LogP contribution in [0.3, 0.4) is 0 Å². The quantitative estimate of drug-likeness (QED) is 0.406. The van der Waals surface area contributed by atoms with Crippen molar-refractivity contribution in [2.45, 2.75) is 32.4 Å². The highest BCUT2D eigenvalue weighted by Crippen LogP contribution is 2.25. The van der Waals surface area contributed by atoms with Crippen molar-refractivity contribution in [3.63, 3.8) is 0 Å². The second-order valence-corrected chi connectivity index (χ2v) is 8.35. The standard InChI is InChI=1S/C25H27N5O/c31-25(21-12-23(17-27-15-21)30-8-1-2-9-30)28-14-19-6-7-20-11-22(29-24(20)10-19)16-26-13-18-4-3-5-18/h1-2,6-12,15,17-18,26,29H,3-5,13-14,16H2,(H,28,31). The Morgan fingerprint density at radius 1 is 1.10 bits per heavy atom. The number of aromatic nitrogens is 3. The van der Waals surface area contributed by atoms with Crippen LogP contribution in [0.5, 0.6) is 0 Å². The molecule has 3 N–H and O–H groups in total. The molecule has 1 aliphatic carbocycles. The highest BCUT2D eigenvalue weighted by molar-refractivity contribution is 5.94. The number of amides is 1. The summed E-state index contributed by atoms with van der Waals surface area (Å²) in [5.74, 6) is 0.729. The molecule has 1 aliphatic rings. The number of rotatable bonds is 8. The van der Waals surface area contributed by atoms with Crippen molar-refractivity contribution in [2.75, 3.05) is 6.54 Å². The van der Waals surface area contributed by atoms with E-state index in [9.17, 15) is 4.79 Å². The summed E-state index contributed by atoms with van der Waals surface area (Å²) in [5, 5.41) is 7.75. The Morgan fingerprint density at radius 2 is 1.97 bits per heavy atom. The number of fused-ring (bicyclic) bond motifs is 1. The minimum Gasteiger partial charge on any atom is -0.357 e. The second kappa shape index (κ2) is 8.78. The Kier molecular flexibility index (Phi) is 5.54. The van der Waals surface area contributed by atoms with E-state index in [0.29, 0.717) is 12.1 Å². The van der Waals surface area contributed by atoms with Crippen LogP contribution in [-0.4, -0.2) is 27.0 Å². The van der Waals surface area contributed by atoms with Crippen molar-refractivity contribution >= 4 is 16.8 Å². The molecular formula is C25H27N5O. The van der Waals surface area contributed by atoms with Crippen LogP contribution in [0.4, 0.5) is 0 Å². The lowest BCUT2D eigenvalue weighted by Crippen LogP contribution is -2.26. The van der Waals surface area contributed by atoms with Gasteiger partial charge in [0, 0.05) is 42.9 Å². The maximum Gasteiger partial charge on any atom is 0.253 e. The first-order valence-electron chi connectivity index (χ1n) is 10.9. The molecule has 6 heteroatoms. The SMILES string of the molecule is O=C(NCc1ccc2cc(CNCC3CCC3)[nH]c2c1)c1cncc(-n2cccc2)c1. The highest BCUT2D eigenvalue weighted by atomic mass is 16.1. The maximum atomic E-state index is 12.6. The molecule has 1 aromatic carbocycles. The zero-order chi connectivity index (χ0) is 21.0. The molecule has 31 heavy (non-hydrogen) atoms. The third kappa shape index (κ3) is 4.54. The Bertz CT molecular complexity index is 1170. The summed E-state index contributed by atoms with van der Waals surface area (Å²) in [6.07, 6.45) is 11.3. The topological polar surface area (TPSA) is 74.7 Å². The number of nitrogens with zero attached hydrogens (tertiary/aromatic N) is 2. The first kappa shape index (κ1) is 19.6. The maximum absolute atomic E-state index is 12.6. The zero-order valence-electron chi connectivity index (χ0n) is 17.5. The number of carbonyl (C=O) groups is 1. The Balaban J connectivity index is 1.20. The third-order valence-electron chi connectivity index (χ3n) is 6.06. The van der Waals surface area contributed by atoms with Gasteiger partial charge in [-0.1, -0.05) is 18.6 Å². The van der Waals surface area contributed by atoms with E-state index >= 15 is 0 Å². The van der Waals surface area contributed by atoms with Gasteiger partial charge in [-0.15, -0.1) is 0 Å². The van der Waals surface area contributed by atoms with Crippen LogP contribution >= 0.6 is 0 Å². The van der Waals surface area contributed by atoms with Crippen LogP contribution in [-0.2, 0) is 13.1 Å². The first-order chi connectivity index (χ1) is 15.2. The molecular weight excluding hydrogens is 386 g/mol. The summed E-state index contributed by atoms with van der Waals surface area (Å²) in [6, 6.07) is 14.2. The van der Waals surface area contributed by atoms with Crippen LogP contribution in [0.25, 0.3) is 16.6 Å². The molecule has 0 aliphatic heterocycles. The van der Waals surface area contributed by atoms with Gasteiger partial charge in [-0.2, -0.15) is 0 Å². The van der Waals surface area contributed by atoms with Crippen molar-refractivity contribution in [1.82, 2.24) is 25.2 Å².